The van der Waals surface area contributed by atoms with Gasteiger partial charge in [0.05, 0.1) is 0 Å². The smallest absolute Gasteiger partial charge is 0.246 e. The van der Waals surface area contributed by atoms with Crippen LogP contribution in [0, 0.1) is 5.92 Å². The Labute approximate surface area is 164 Å². The zero-order chi connectivity index (χ0) is 19.3. The van der Waals surface area contributed by atoms with Crippen LogP contribution >= 0.6 is 0 Å². The summed E-state index contributed by atoms with van der Waals surface area (Å²) in [6.07, 6.45) is 0.851. The van der Waals surface area contributed by atoms with Crippen LogP contribution < -0.4 is 5.32 Å². The summed E-state index contributed by atoms with van der Waals surface area (Å²) in [5.74, 6) is 0.159. The maximum atomic E-state index is 13.3. The first-order valence-electron chi connectivity index (χ1n) is 9.80. The summed E-state index contributed by atoms with van der Waals surface area (Å²) in [6, 6.07) is 22.0. The SMILES string of the molecule is CC1C(=O)Nc2ccccc2CN1C(=O)C1CC1c1ccc2ccccc2c1. The summed E-state index contributed by atoms with van der Waals surface area (Å²) in [7, 11) is 0. The van der Waals surface area contributed by atoms with E-state index < -0.39 is 6.04 Å². The van der Waals surface area contributed by atoms with E-state index in [1.54, 1.807) is 4.90 Å². The fraction of sp³-hybridized carbons (Fsp3) is 0.250. The Morgan fingerprint density at radius 1 is 1.00 bits per heavy atom. The Morgan fingerprint density at radius 3 is 2.61 bits per heavy atom. The van der Waals surface area contributed by atoms with E-state index in [0.29, 0.717) is 6.54 Å². The molecule has 5 rings (SSSR count). The van der Waals surface area contributed by atoms with Gasteiger partial charge in [0.15, 0.2) is 0 Å². The number of fused-ring (bicyclic) bond motifs is 2. The quantitative estimate of drug-likeness (QED) is 0.731. The van der Waals surface area contributed by atoms with Gasteiger partial charge in [-0.25, -0.2) is 0 Å². The predicted molar refractivity (Wildman–Crippen MR) is 110 cm³/mol. The molecule has 4 nitrogen and oxygen atoms in total. The number of nitrogens with zero attached hydrogens (tertiary/aromatic N) is 1. The second-order valence-electron chi connectivity index (χ2n) is 7.84. The minimum atomic E-state index is -0.474. The molecule has 1 heterocycles. The van der Waals surface area contributed by atoms with Gasteiger partial charge in [-0.15, -0.1) is 0 Å². The van der Waals surface area contributed by atoms with Crippen molar-refractivity contribution >= 4 is 28.3 Å². The lowest BCUT2D eigenvalue weighted by Crippen LogP contribution is -2.44. The van der Waals surface area contributed by atoms with Gasteiger partial charge in [-0.2, -0.15) is 0 Å². The molecule has 0 aromatic heterocycles. The minimum absolute atomic E-state index is 0.0401. The molecular formula is C24H22N2O2. The number of carbonyl (C=O) groups is 2. The Hall–Kier alpha value is -3.14. The summed E-state index contributed by atoms with van der Waals surface area (Å²) < 4.78 is 0. The van der Waals surface area contributed by atoms with Crippen LogP contribution in [0.2, 0.25) is 0 Å². The predicted octanol–water partition coefficient (Wildman–Crippen LogP) is 4.31. The van der Waals surface area contributed by atoms with E-state index in [0.717, 1.165) is 17.7 Å². The first-order valence-corrected chi connectivity index (χ1v) is 9.80. The van der Waals surface area contributed by atoms with Crippen molar-refractivity contribution in [2.24, 2.45) is 5.92 Å². The lowest BCUT2D eigenvalue weighted by atomic mass is 10.0. The van der Waals surface area contributed by atoms with Crippen molar-refractivity contribution in [3.8, 4) is 0 Å². The van der Waals surface area contributed by atoms with Crippen molar-refractivity contribution in [3.05, 3.63) is 77.9 Å². The van der Waals surface area contributed by atoms with Crippen LogP contribution in [0.4, 0.5) is 5.69 Å². The van der Waals surface area contributed by atoms with Gasteiger partial charge >= 0.3 is 0 Å². The number of anilines is 1. The third-order valence-electron chi connectivity index (χ3n) is 6.06. The zero-order valence-electron chi connectivity index (χ0n) is 15.8. The maximum Gasteiger partial charge on any atom is 0.246 e. The highest BCUT2D eigenvalue weighted by atomic mass is 16.2. The van der Waals surface area contributed by atoms with Gasteiger partial charge in [0.2, 0.25) is 11.8 Å². The van der Waals surface area contributed by atoms with Gasteiger partial charge in [-0.3, -0.25) is 9.59 Å². The monoisotopic (exact) mass is 370 g/mol. The summed E-state index contributed by atoms with van der Waals surface area (Å²) in [4.78, 5) is 27.5. The highest BCUT2D eigenvalue weighted by Gasteiger charge is 2.47. The number of benzene rings is 3. The molecule has 2 amide bonds. The van der Waals surface area contributed by atoms with Crippen LogP contribution in [-0.2, 0) is 16.1 Å². The lowest BCUT2D eigenvalue weighted by molar-refractivity contribution is -0.139. The van der Waals surface area contributed by atoms with Crippen LogP contribution in [0.1, 0.15) is 30.4 Å². The number of amides is 2. The fourth-order valence-corrected chi connectivity index (χ4v) is 4.24. The summed E-state index contributed by atoms with van der Waals surface area (Å²) in [5, 5.41) is 5.36. The third-order valence-corrected chi connectivity index (χ3v) is 6.06. The Balaban J connectivity index is 1.39. The molecule has 0 spiro atoms. The van der Waals surface area contributed by atoms with Crippen LogP contribution in [0.5, 0.6) is 0 Å². The third kappa shape index (κ3) is 2.85. The van der Waals surface area contributed by atoms with Gasteiger partial charge in [-0.1, -0.05) is 60.7 Å². The molecule has 28 heavy (non-hydrogen) atoms. The fourth-order valence-electron chi connectivity index (χ4n) is 4.24. The molecule has 1 aliphatic carbocycles. The van der Waals surface area contributed by atoms with Crippen molar-refractivity contribution in [3.63, 3.8) is 0 Å². The van der Waals surface area contributed by atoms with Crippen LogP contribution in [0.15, 0.2) is 66.7 Å². The minimum Gasteiger partial charge on any atom is -0.326 e. The van der Waals surface area contributed by atoms with Crippen molar-refractivity contribution < 1.29 is 9.59 Å². The number of para-hydroxylation sites is 1. The van der Waals surface area contributed by atoms with Crippen LogP contribution in [0.25, 0.3) is 10.8 Å². The summed E-state index contributed by atoms with van der Waals surface area (Å²) >= 11 is 0. The molecule has 0 radical (unpaired) electrons. The van der Waals surface area contributed by atoms with Crippen molar-refractivity contribution in [1.82, 2.24) is 4.90 Å². The number of hydrogen-bond acceptors (Lipinski definition) is 2. The van der Waals surface area contributed by atoms with Gasteiger partial charge in [0, 0.05) is 18.2 Å². The first kappa shape index (κ1) is 17.0. The average molecular weight is 370 g/mol. The van der Waals surface area contributed by atoms with E-state index in [1.165, 1.54) is 16.3 Å². The molecule has 1 saturated carbocycles. The Kier molecular flexibility index (Phi) is 3.93. The maximum absolute atomic E-state index is 13.3. The molecular weight excluding hydrogens is 348 g/mol. The van der Waals surface area contributed by atoms with Gasteiger partial charge in [-0.05, 0) is 47.2 Å². The molecule has 3 aromatic rings. The average Bonchev–Trinajstić information content (AvgIpc) is 3.53. The van der Waals surface area contributed by atoms with Crippen molar-refractivity contribution in [2.45, 2.75) is 31.8 Å². The molecule has 3 atom stereocenters. The number of carbonyl (C=O) groups excluding carboxylic acids is 2. The lowest BCUT2D eigenvalue weighted by Gasteiger charge is -2.26. The second kappa shape index (κ2) is 6.48. The van der Waals surface area contributed by atoms with Gasteiger partial charge in [0.25, 0.3) is 0 Å². The molecule has 1 fully saturated rings. The molecule has 1 aliphatic heterocycles. The standard InChI is InChI=1S/C24H22N2O2/c1-15-23(27)25-22-9-5-4-8-19(22)14-26(15)24(28)21-13-20(21)18-11-10-16-6-2-3-7-17(16)12-18/h2-12,15,20-21H,13-14H2,1H3,(H,25,27). The van der Waals surface area contributed by atoms with Gasteiger partial charge in [0.1, 0.15) is 6.04 Å². The molecule has 1 N–H and O–H groups in total. The first-order chi connectivity index (χ1) is 13.6. The summed E-state index contributed by atoms with van der Waals surface area (Å²) in [6.45, 7) is 2.28. The largest absolute Gasteiger partial charge is 0.326 e. The summed E-state index contributed by atoms with van der Waals surface area (Å²) in [5.41, 5.74) is 3.00. The number of hydrogen-bond donors (Lipinski definition) is 1. The van der Waals surface area contributed by atoms with E-state index >= 15 is 0 Å². The van der Waals surface area contributed by atoms with Crippen molar-refractivity contribution in [2.75, 3.05) is 5.32 Å². The molecule has 2 aliphatic rings. The van der Waals surface area contributed by atoms with E-state index in [1.807, 2.05) is 43.3 Å². The Morgan fingerprint density at radius 2 is 1.75 bits per heavy atom. The highest BCUT2D eigenvalue weighted by molar-refractivity contribution is 5.99. The van der Waals surface area contributed by atoms with E-state index in [-0.39, 0.29) is 23.7 Å². The highest BCUT2D eigenvalue weighted by Crippen LogP contribution is 2.49. The van der Waals surface area contributed by atoms with Crippen molar-refractivity contribution in [1.29, 1.82) is 0 Å². The van der Waals surface area contributed by atoms with Crippen LogP contribution in [0.3, 0.4) is 0 Å². The molecule has 140 valence electrons. The van der Waals surface area contributed by atoms with Gasteiger partial charge < -0.3 is 10.2 Å². The normalized spacial score (nSPS) is 23.7. The Bertz CT molecular complexity index is 1090. The zero-order valence-corrected chi connectivity index (χ0v) is 15.8. The molecule has 0 saturated heterocycles. The van der Waals surface area contributed by atoms with Crippen LogP contribution in [-0.4, -0.2) is 22.8 Å². The van der Waals surface area contributed by atoms with E-state index in [4.69, 9.17) is 0 Å². The molecule has 4 heteroatoms. The molecule has 0 bridgehead atoms. The molecule has 3 unspecified atom stereocenters. The number of nitrogens with one attached hydrogen (secondary N) is 1. The number of rotatable bonds is 2. The topological polar surface area (TPSA) is 49.4 Å². The second-order valence-corrected chi connectivity index (χ2v) is 7.84. The van der Waals surface area contributed by atoms with E-state index in [9.17, 15) is 9.59 Å². The van der Waals surface area contributed by atoms with E-state index in [2.05, 4.69) is 35.6 Å². The molecule has 3 aromatic carbocycles.